The molecule has 0 unspecified atom stereocenters. The van der Waals surface area contributed by atoms with E-state index in [1.807, 2.05) is 24.3 Å². The van der Waals surface area contributed by atoms with Crippen LogP contribution in [0.25, 0.3) is 10.9 Å². The van der Waals surface area contributed by atoms with E-state index in [0.717, 1.165) is 16.6 Å². The Morgan fingerprint density at radius 1 is 1.16 bits per heavy atom. The van der Waals surface area contributed by atoms with Crippen molar-refractivity contribution in [1.82, 2.24) is 20.5 Å². The molecule has 0 atom stereocenters. The first kappa shape index (κ1) is 11.4. The number of aromatic nitrogens is 3. The fraction of sp³-hybridized carbons (Fsp3) is 0.0714. The number of fused-ring (bicyclic) bond motifs is 1. The van der Waals surface area contributed by atoms with Crippen LogP contribution >= 0.6 is 0 Å². The zero-order valence-corrected chi connectivity index (χ0v) is 10.1. The number of carbonyl (C=O) groups is 1. The van der Waals surface area contributed by atoms with Crippen molar-refractivity contribution in [3.05, 3.63) is 60.0 Å². The molecule has 0 spiro atoms. The molecule has 3 aromatic rings. The second-order valence-electron chi connectivity index (χ2n) is 4.14. The minimum Gasteiger partial charge on any atom is -0.346 e. The first-order chi connectivity index (χ1) is 9.34. The number of nitrogens with one attached hydrogen (secondary N) is 2. The topological polar surface area (TPSA) is 70.7 Å². The standard InChI is InChI=1S/C14H12N4O/c19-14(10-5-7-15-8-6-10)16-9-13-11-3-1-2-4-12(11)17-18-13/h1-8H,9H2,(H,16,19)(H,17,18). The molecule has 19 heavy (non-hydrogen) atoms. The van der Waals surface area contributed by atoms with Crippen LogP contribution in [0, 0.1) is 0 Å². The highest BCUT2D eigenvalue weighted by molar-refractivity contribution is 5.94. The highest BCUT2D eigenvalue weighted by Crippen LogP contribution is 2.14. The van der Waals surface area contributed by atoms with E-state index in [4.69, 9.17) is 0 Å². The van der Waals surface area contributed by atoms with E-state index in [1.165, 1.54) is 0 Å². The average molecular weight is 252 g/mol. The lowest BCUT2D eigenvalue weighted by Crippen LogP contribution is -2.23. The van der Waals surface area contributed by atoms with E-state index in [-0.39, 0.29) is 5.91 Å². The third-order valence-corrected chi connectivity index (χ3v) is 2.91. The molecule has 5 heteroatoms. The van der Waals surface area contributed by atoms with Crippen molar-refractivity contribution in [3.8, 4) is 0 Å². The summed E-state index contributed by atoms with van der Waals surface area (Å²) in [7, 11) is 0. The molecule has 0 fully saturated rings. The van der Waals surface area contributed by atoms with Crippen LogP contribution in [-0.4, -0.2) is 21.1 Å². The molecule has 0 bridgehead atoms. The average Bonchev–Trinajstić information content (AvgIpc) is 2.89. The third-order valence-electron chi connectivity index (χ3n) is 2.91. The van der Waals surface area contributed by atoms with Gasteiger partial charge in [0, 0.05) is 23.3 Å². The van der Waals surface area contributed by atoms with Gasteiger partial charge >= 0.3 is 0 Å². The number of benzene rings is 1. The number of hydrogen-bond donors (Lipinski definition) is 2. The normalized spacial score (nSPS) is 10.5. The quantitative estimate of drug-likeness (QED) is 0.747. The Labute approximate surface area is 109 Å². The summed E-state index contributed by atoms with van der Waals surface area (Å²) >= 11 is 0. The molecule has 3 rings (SSSR count). The van der Waals surface area contributed by atoms with Crippen LogP contribution in [0.4, 0.5) is 0 Å². The highest BCUT2D eigenvalue weighted by Gasteiger charge is 2.07. The lowest BCUT2D eigenvalue weighted by molar-refractivity contribution is 0.0950. The molecule has 0 aliphatic heterocycles. The SMILES string of the molecule is O=C(NCc1[nH]nc2ccccc12)c1ccncc1. The second kappa shape index (κ2) is 4.89. The number of hydrogen-bond acceptors (Lipinski definition) is 3. The number of rotatable bonds is 3. The Hall–Kier alpha value is -2.69. The summed E-state index contributed by atoms with van der Waals surface area (Å²) in [4.78, 5) is 15.8. The van der Waals surface area contributed by atoms with Crippen molar-refractivity contribution >= 4 is 16.8 Å². The van der Waals surface area contributed by atoms with Crippen LogP contribution in [-0.2, 0) is 6.54 Å². The van der Waals surface area contributed by atoms with Gasteiger partial charge < -0.3 is 5.32 Å². The molecule has 2 N–H and O–H groups in total. The summed E-state index contributed by atoms with van der Waals surface area (Å²) in [6, 6.07) is 11.2. The van der Waals surface area contributed by atoms with Crippen molar-refractivity contribution < 1.29 is 4.79 Å². The van der Waals surface area contributed by atoms with Crippen LogP contribution < -0.4 is 5.32 Å². The number of aromatic amines is 1. The monoisotopic (exact) mass is 252 g/mol. The summed E-state index contributed by atoms with van der Waals surface area (Å²) in [5.74, 6) is -0.124. The summed E-state index contributed by atoms with van der Waals surface area (Å²) in [5, 5.41) is 11.0. The van der Waals surface area contributed by atoms with Crippen LogP contribution in [0.1, 0.15) is 16.1 Å². The molecule has 94 valence electrons. The molecular weight excluding hydrogens is 240 g/mol. The van der Waals surface area contributed by atoms with Crippen molar-refractivity contribution in [3.63, 3.8) is 0 Å². The molecule has 0 radical (unpaired) electrons. The van der Waals surface area contributed by atoms with Crippen LogP contribution in [0.2, 0.25) is 0 Å². The fourth-order valence-corrected chi connectivity index (χ4v) is 1.92. The first-order valence-corrected chi connectivity index (χ1v) is 5.95. The van der Waals surface area contributed by atoms with Crippen LogP contribution in [0.3, 0.4) is 0 Å². The van der Waals surface area contributed by atoms with Gasteiger partial charge in [0.2, 0.25) is 0 Å². The lowest BCUT2D eigenvalue weighted by Gasteiger charge is -2.03. The molecule has 5 nitrogen and oxygen atoms in total. The van der Waals surface area contributed by atoms with Crippen molar-refractivity contribution in [2.24, 2.45) is 0 Å². The molecule has 0 aliphatic rings. The molecular formula is C14H12N4O. The zero-order chi connectivity index (χ0) is 13.1. The van der Waals surface area contributed by atoms with Gasteiger partial charge in [0.05, 0.1) is 17.8 Å². The van der Waals surface area contributed by atoms with E-state index in [0.29, 0.717) is 12.1 Å². The minimum absolute atomic E-state index is 0.124. The van der Waals surface area contributed by atoms with Crippen molar-refractivity contribution in [2.45, 2.75) is 6.54 Å². The highest BCUT2D eigenvalue weighted by atomic mass is 16.1. The van der Waals surface area contributed by atoms with Gasteiger partial charge in [-0.25, -0.2) is 0 Å². The zero-order valence-electron chi connectivity index (χ0n) is 10.1. The fourth-order valence-electron chi connectivity index (χ4n) is 1.92. The predicted octanol–water partition coefficient (Wildman–Crippen LogP) is 1.89. The summed E-state index contributed by atoms with van der Waals surface area (Å²) < 4.78 is 0. The lowest BCUT2D eigenvalue weighted by atomic mass is 10.2. The molecule has 1 aromatic carbocycles. The molecule has 2 aromatic heterocycles. The van der Waals surface area contributed by atoms with E-state index in [9.17, 15) is 4.79 Å². The molecule has 0 aliphatic carbocycles. The van der Waals surface area contributed by atoms with Crippen LogP contribution in [0.5, 0.6) is 0 Å². The molecule has 0 saturated carbocycles. The number of nitrogens with zero attached hydrogens (tertiary/aromatic N) is 2. The Morgan fingerprint density at radius 2 is 1.95 bits per heavy atom. The summed E-state index contributed by atoms with van der Waals surface area (Å²) in [5.41, 5.74) is 2.40. The Morgan fingerprint density at radius 3 is 2.79 bits per heavy atom. The maximum atomic E-state index is 11.9. The van der Waals surface area contributed by atoms with Crippen molar-refractivity contribution in [1.29, 1.82) is 0 Å². The number of amides is 1. The number of carbonyl (C=O) groups excluding carboxylic acids is 1. The number of H-pyrrole nitrogens is 1. The third kappa shape index (κ3) is 2.30. The van der Waals surface area contributed by atoms with Gasteiger partial charge in [-0.3, -0.25) is 14.9 Å². The number of pyridine rings is 1. The predicted molar refractivity (Wildman–Crippen MR) is 71.5 cm³/mol. The molecule has 0 saturated heterocycles. The van der Waals surface area contributed by atoms with Gasteiger partial charge in [0.15, 0.2) is 0 Å². The van der Waals surface area contributed by atoms with Gasteiger partial charge in [-0.2, -0.15) is 5.10 Å². The smallest absolute Gasteiger partial charge is 0.251 e. The minimum atomic E-state index is -0.124. The Kier molecular flexibility index (Phi) is 2.94. The maximum Gasteiger partial charge on any atom is 0.251 e. The van der Waals surface area contributed by atoms with Gasteiger partial charge in [-0.05, 0) is 18.2 Å². The van der Waals surface area contributed by atoms with E-state index in [1.54, 1.807) is 24.5 Å². The second-order valence-corrected chi connectivity index (χ2v) is 4.14. The van der Waals surface area contributed by atoms with Gasteiger partial charge in [0.25, 0.3) is 5.91 Å². The van der Waals surface area contributed by atoms with Gasteiger partial charge in [-0.1, -0.05) is 18.2 Å². The van der Waals surface area contributed by atoms with Gasteiger partial charge in [-0.15, -0.1) is 0 Å². The molecule has 1 amide bonds. The summed E-state index contributed by atoms with van der Waals surface area (Å²) in [6.07, 6.45) is 3.20. The van der Waals surface area contributed by atoms with Crippen molar-refractivity contribution in [2.75, 3.05) is 0 Å². The van der Waals surface area contributed by atoms with E-state index >= 15 is 0 Å². The maximum absolute atomic E-state index is 11.9. The Balaban J connectivity index is 1.75. The van der Waals surface area contributed by atoms with E-state index in [2.05, 4.69) is 20.5 Å². The van der Waals surface area contributed by atoms with E-state index < -0.39 is 0 Å². The first-order valence-electron chi connectivity index (χ1n) is 5.95. The van der Waals surface area contributed by atoms with Gasteiger partial charge in [0.1, 0.15) is 0 Å². The summed E-state index contributed by atoms with van der Waals surface area (Å²) in [6.45, 7) is 0.418. The number of para-hydroxylation sites is 1. The largest absolute Gasteiger partial charge is 0.346 e. The molecule has 2 heterocycles. The Bertz CT molecular complexity index is 706. The van der Waals surface area contributed by atoms with Crippen LogP contribution in [0.15, 0.2) is 48.8 Å².